The number of nitrogens with one attached hydrogen (secondary N) is 1. The van der Waals surface area contributed by atoms with Crippen LogP contribution in [0.25, 0.3) is 10.6 Å². The summed E-state index contributed by atoms with van der Waals surface area (Å²) >= 11 is 20.5. The van der Waals surface area contributed by atoms with Crippen molar-refractivity contribution in [2.75, 3.05) is 19.4 Å². The molecule has 0 bridgehead atoms. The summed E-state index contributed by atoms with van der Waals surface area (Å²) in [6.45, 7) is 14.3. The first kappa shape index (κ1) is 45.4. The van der Waals surface area contributed by atoms with Gasteiger partial charge in [0, 0.05) is 50.1 Å². The van der Waals surface area contributed by atoms with Crippen LogP contribution in [0.3, 0.4) is 0 Å². The van der Waals surface area contributed by atoms with Crippen LogP contribution in [0, 0.1) is 31.6 Å². The first-order valence-corrected chi connectivity index (χ1v) is 26.4. The minimum absolute atomic E-state index is 0.00596. The third-order valence-electron chi connectivity index (χ3n) is 13.5. The molecule has 16 nitrogen and oxygen atoms in total. The van der Waals surface area contributed by atoms with Crippen molar-refractivity contribution in [1.82, 2.24) is 39.6 Å². The molecule has 3 atom stereocenters. The number of ether oxygens (including phenoxy) is 2. The largest absolute Gasteiger partial charge is 0.480 e. The monoisotopic (exact) mass is 1080 g/mol. The van der Waals surface area contributed by atoms with Gasteiger partial charge in [-0.05, 0) is 133 Å². The van der Waals surface area contributed by atoms with E-state index in [1.165, 1.54) is 49.4 Å². The minimum atomic E-state index is -2.72. The van der Waals surface area contributed by atoms with Gasteiger partial charge >= 0.3 is 0 Å². The maximum absolute atomic E-state index is 13.1. The number of carbonyl (C=O) groups is 5. The van der Waals surface area contributed by atoms with Gasteiger partial charge in [0.2, 0.25) is 17.7 Å². The quantitative estimate of drug-likeness (QED) is 0.117. The van der Waals surface area contributed by atoms with Crippen molar-refractivity contribution in [2.24, 2.45) is 17.8 Å². The second-order valence-electron chi connectivity index (χ2n) is 19.0. The maximum Gasteiger partial charge on any atom is 0.260 e. The molecule has 21 heteroatoms. The van der Waals surface area contributed by atoms with E-state index in [2.05, 4.69) is 37.2 Å². The number of anilines is 1. The Morgan fingerprint density at radius 1 is 0.708 bits per heavy atom. The van der Waals surface area contributed by atoms with E-state index in [1.54, 1.807) is 21.9 Å². The fraction of sp³-hybridized carbons (Fsp3) is 0.490. The van der Waals surface area contributed by atoms with Gasteiger partial charge in [-0.25, -0.2) is 24.9 Å². The Hall–Kier alpha value is -5.27. The van der Waals surface area contributed by atoms with E-state index in [0.717, 1.165) is 41.8 Å². The first-order valence-electron chi connectivity index (χ1n) is 26.6. The van der Waals surface area contributed by atoms with Crippen LogP contribution in [0.1, 0.15) is 146 Å². The molecule has 5 aromatic rings. The first-order chi connectivity index (χ1) is 36.5. The van der Waals surface area contributed by atoms with Crippen LogP contribution in [-0.2, 0) is 35.6 Å². The van der Waals surface area contributed by atoms with E-state index >= 15 is 0 Å². The molecule has 0 unspecified atom stereocenters. The normalized spacial score (nSPS) is 19.2. The van der Waals surface area contributed by atoms with Crippen LogP contribution in [-0.4, -0.2) is 101 Å². The zero-order valence-corrected chi connectivity index (χ0v) is 44.6. The number of amides is 4. The Bertz CT molecular complexity index is 3170. The van der Waals surface area contributed by atoms with Crippen molar-refractivity contribution < 1.29 is 41.7 Å². The second kappa shape index (κ2) is 22.1. The second-order valence-corrected chi connectivity index (χ2v) is 22.1. The van der Waals surface area contributed by atoms with Gasteiger partial charge in [-0.3, -0.25) is 24.0 Å². The average molecular weight is 1090 g/mol. The number of carbonyl (C=O) groups excluding carboxylic acids is 5. The number of aromatic nitrogens is 5. The van der Waals surface area contributed by atoms with Crippen LogP contribution >= 0.6 is 57.5 Å². The van der Waals surface area contributed by atoms with Crippen LogP contribution < -0.4 is 14.8 Å². The van der Waals surface area contributed by atoms with Crippen molar-refractivity contribution in [3.05, 3.63) is 88.8 Å². The van der Waals surface area contributed by atoms with Crippen molar-refractivity contribution in [1.29, 1.82) is 0 Å². The number of methoxy groups -OCH3 is 2. The molecule has 11 rings (SSSR count). The lowest BCUT2D eigenvalue weighted by Crippen LogP contribution is -2.34. The Morgan fingerprint density at radius 3 is 1.64 bits per heavy atom. The molecule has 3 aliphatic carbocycles. The van der Waals surface area contributed by atoms with Gasteiger partial charge in [-0.2, -0.15) is 0 Å². The molecule has 5 aromatic heterocycles. The molecule has 6 aliphatic rings. The summed E-state index contributed by atoms with van der Waals surface area (Å²) in [5.74, 6) is 0.761. The summed E-state index contributed by atoms with van der Waals surface area (Å²) < 4.78 is 54.1. The Kier molecular flexibility index (Phi) is 13.9. The van der Waals surface area contributed by atoms with Crippen LogP contribution in [0.15, 0.2) is 23.6 Å². The molecular weight excluding hydrogens is 1020 g/mol. The number of thiazole rings is 2. The molecule has 0 spiro atoms. The number of hydrogen-bond donors (Lipinski definition) is 1. The molecule has 3 aliphatic heterocycles. The number of ketones is 1. The number of halogens is 3. The summed E-state index contributed by atoms with van der Waals surface area (Å²) in [5.41, 5.74) is 5.41. The van der Waals surface area contributed by atoms with Crippen molar-refractivity contribution in [2.45, 2.75) is 131 Å². The van der Waals surface area contributed by atoms with E-state index in [0.29, 0.717) is 80.8 Å². The lowest BCUT2D eigenvalue weighted by molar-refractivity contribution is -0.116. The number of nitrogens with zero attached hydrogens (tertiary/aromatic N) is 8. The molecule has 4 amide bonds. The molecule has 3 saturated carbocycles. The summed E-state index contributed by atoms with van der Waals surface area (Å²) in [4.78, 5) is 86.7. The molecule has 0 aromatic carbocycles. The van der Waals surface area contributed by atoms with E-state index in [1.807, 2.05) is 44.0 Å². The van der Waals surface area contributed by atoms with Crippen LogP contribution in [0.4, 0.5) is 5.13 Å². The van der Waals surface area contributed by atoms with Gasteiger partial charge in [0.1, 0.15) is 37.4 Å². The standard InChI is InChI=1S/C20H23N3O3S.C13H15ClN2O2.C12H12Cl2N2O.C6H8N2OS/c1-10(24)7-16-21-11(2)18(27-16)15-8-14-9-23(12(3)13-5-6-13)20(25)17(14)19(22-15)26-4;1-7(8-3-4-8)16-6-9-5-10(14)15-12(18-2)11(9)13(16)17;1-6(7-2-3-7)16-5-8-4-9(13)15-11(14)10(8)12(16)17;1-4-3-10-6(7-4)8-5(2)9/h8,12-13H,5-7,9H2,1-4H3;5,7-8H,3-4,6H2,1-2H3;4,6-7H,2-3,5H2,1H3;3H,1-2H3,(H,7,8,9)/t12-;7-;6-;/m000./s1/i4D3;2D3;;. The number of fused-ring (bicyclic) bond motifs is 3. The Balaban J connectivity index is 0.000000146. The van der Waals surface area contributed by atoms with E-state index in [4.69, 9.17) is 52.5 Å². The van der Waals surface area contributed by atoms with E-state index in [-0.39, 0.29) is 87.2 Å². The number of Topliss-reactive ketones (excluding diaryl/α,β-unsaturated/α-hetero) is 1. The summed E-state index contributed by atoms with van der Waals surface area (Å²) in [6, 6.07) is 5.65. The predicted octanol–water partition coefficient (Wildman–Crippen LogP) is 10.5. The zero-order chi connectivity index (χ0) is 56.9. The highest BCUT2D eigenvalue weighted by molar-refractivity contribution is 7.15. The smallest absolute Gasteiger partial charge is 0.260 e. The Morgan fingerprint density at radius 2 is 1.18 bits per heavy atom. The molecule has 382 valence electrons. The highest BCUT2D eigenvalue weighted by Crippen LogP contribution is 2.43. The van der Waals surface area contributed by atoms with Gasteiger partial charge < -0.3 is 29.5 Å². The zero-order valence-electron chi connectivity index (χ0n) is 46.7. The van der Waals surface area contributed by atoms with Crippen LogP contribution in [0.5, 0.6) is 11.8 Å². The van der Waals surface area contributed by atoms with Crippen molar-refractivity contribution >= 4 is 92.0 Å². The van der Waals surface area contributed by atoms with Crippen molar-refractivity contribution in [3.63, 3.8) is 0 Å². The third kappa shape index (κ3) is 11.9. The number of pyridine rings is 3. The third-order valence-corrected chi connectivity index (χ3v) is 16.2. The predicted molar refractivity (Wildman–Crippen MR) is 278 cm³/mol. The van der Waals surface area contributed by atoms with Gasteiger partial charge in [-0.1, -0.05) is 34.8 Å². The fourth-order valence-corrected chi connectivity index (χ4v) is 11.8. The topological polar surface area (TPSA) is 190 Å². The fourth-order valence-electron chi connectivity index (χ4n) is 9.19. The molecule has 1 N–H and O–H groups in total. The molecule has 3 fully saturated rings. The maximum atomic E-state index is 13.1. The van der Waals surface area contributed by atoms with Crippen molar-refractivity contribution in [3.8, 4) is 22.3 Å². The van der Waals surface area contributed by atoms with Gasteiger partial charge in [0.15, 0.2) is 5.13 Å². The summed E-state index contributed by atoms with van der Waals surface area (Å²) in [7, 11) is -5.39. The molecular formula is C51H58Cl3N9O7S2. The number of rotatable bonds is 12. The van der Waals surface area contributed by atoms with Gasteiger partial charge in [-0.15, -0.1) is 22.7 Å². The molecule has 0 saturated heterocycles. The summed E-state index contributed by atoms with van der Waals surface area (Å²) in [5, 5.41) is 6.54. The van der Waals surface area contributed by atoms with Gasteiger partial charge in [0.25, 0.3) is 17.7 Å². The Labute approximate surface area is 450 Å². The van der Waals surface area contributed by atoms with E-state index < -0.39 is 14.1 Å². The highest BCUT2D eigenvalue weighted by Gasteiger charge is 2.43. The average Bonchev–Trinajstić information content (AvgIpc) is 4.28. The SMILES string of the molecule is CC(=O)Nc1nc(C)cs1.C[C@@H](C1CC1)N1Cc2cc(Cl)nc(Cl)c2C1=O.[2H]C([2H])([2H])Oc1nc(-c2sc(CC(C)=O)nc2C)cc2c1C(=O)N([C@@H](C)C1CC1)C2.[2H]C([2H])([2H])Oc1nc(Cl)cc2c1C(=O)N([C@@H](C)C1CC1)C2. The molecule has 0 radical (unpaired) electrons. The highest BCUT2D eigenvalue weighted by atomic mass is 35.5. The van der Waals surface area contributed by atoms with Gasteiger partial charge in [0.05, 0.1) is 56.2 Å². The summed E-state index contributed by atoms with van der Waals surface area (Å²) in [6.07, 6.45) is 7.12. The van der Waals surface area contributed by atoms with Crippen LogP contribution in [0.2, 0.25) is 15.5 Å². The lowest BCUT2D eigenvalue weighted by atomic mass is 10.1. The minimum Gasteiger partial charge on any atom is -0.480 e. The number of aryl methyl sites for hydroxylation is 2. The molecule has 8 heterocycles. The lowest BCUT2D eigenvalue weighted by Gasteiger charge is -2.23. The number of hydrogen-bond acceptors (Lipinski definition) is 14. The van der Waals surface area contributed by atoms with E-state index in [9.17, 15) is 24.0 Å². The molecule has 72 heavy (non-hydrogen) atoms.